The van der Waals surface area contributed by atoms with Gasteiger partial charge in [0.25, 0.3) is 0 Å². The molecule has 0 radical (unpaired) electrons. The van der Waals surface area contributed by atoms with Crippen LogP contribution in [0.1, 0.15) is 11.6 Å². The lowest BCUT2D eigenvalue weighted by molar-refractivity contribution is -0.119. The van der Waals surface area contributed by atoms with Crippen molar-refractivity contribution in [3.05, 3.63) is 66.0 Å². The molecule has 0 aliphatic heterocycles. The maximum Gasteiger partial charge on any atom is 0.248 e. The summed E-state index contributed by atoms with van der Waals surface area (Å²) >= 11 is 0. The van der Waals surface area contributed by atoms with Gasteiger partial charge in [0.15, 0.2) is 0 Å². The first-order chi connectivity index (χ1) is 9.11. The van der Waals surface area contributed by atoms with Crippen molar-refractivity contribution in [2.75, 3.05) is 11.9 Å². The van der Waals surface area contributed by atoms with E-state index in [1.54, 1.807) is 30.3 Å². The lowest BCUT2D eigenvalue weighted by atomic mass is 10.1. The topological polar surface area (TPSA) is 46.3 Å². The molecular weight excluding hydrogens is 243 g/mol. The number of amides is 1. The van der Waals surface area contributed by atoms with Crippen LogP contribution in [0.5, 0.6) is 0 Å². The molecule has 0 spiro atoms. The Kier molecular flexibility index (Phi) is 3.92. The van der Waals surface area contributed by atoms with Crippen molar-refractivity contribution in [3.8, 4) is 0 Å². The quantitative estimate of drug-likeness (QED) is 0.919. The van der Waals surface area contributed by atoms with Gasteiger partial charge in [-0.2, -0.15) is 0 Å². The van der Waals surface area contributed by atoms with Crippen LogP contribution in [0.2, 0.25) is 0 Å². The molecular formula is C15H15FN2O. The Bertz CT molecular complexity index is 571. The Morgan fingerprint density at radius 3 is 2.32 bits per heavy atom. The van der Waals surface area contributed by atoms with Crippen molar-refractivity contribution in [1.29, 1.82) is 0 Å². The molecule has 0 fully saturated rings. The van der Waals surface area contributed by atoms with E-state index in [1.807, 2.05) is 18.2 Å². The molecule has 0 aliphatic rings. The lowest BCUT2D eigenvalue weighted by Crippen LogP contribution is -2.36. The number of hydrogen-bond donors (Lipinski definition) is 1. The maximum atomic E-state index is 13.6. The highest BCUT2D eigenvalue weighted by atomic mass is 19.1. The number of carbonyl (C=O) groups is 1. The van der Waals surface area contributed by atoms with E-state index in [0.717, 1.165) is 0 Å². The highest BCUT2D eigenvalue weighted by molar-refractivity contribution is 5.97. The van der Waals surface area contributed by atoms with Crippen LogP contribution in [-0.2, 0) is 4.79 Å². The van der Waals surface area contributed by atoms with Gasteiger partial charge in [0, 0.05) is 7.05 Å². The highest BCUT2D eigenvalue weighted by Gasteiger charge is 2.22. The van der Waals surface area contributed by atoms with Crippen LogP contribution in [0, 0.1) is 5.82 Å². The minimum atomic E-state index is -0.800. The number of carbonyl (C=O) groups excluding carboxylic acids is 1. The molecule has 0 bridgehead atoms. The van der Waals surface area contributed by atoms with Gasteiger partial charge in [-0.3, -0.25) is 4.79 Å². The van der Waals surface area contributed by atoms with Crippen molar-refractivity contribution in [3.63, 3.8) is 0 Å². The van der Waals surface area contributed by atoms with Crippen LogP contribution >= 0.6 is 0 Å². The Labute approximate surface area is 111 Å². The molecule has 0 saturated heterocycles. The van der Waals surface area contributed by atoms with Gasteiger partial charge in [0.2, 0.25) is 5.91 Å². The van der Waals surface area contributed by atoms with Gasteiger partial charge in [-0.1, -0.05) is 42.5 Å². The number of benzene rings is 2. The first-order valence-electron chi connectivity index (χ1n) is 5.94. The van der Waals surface area contributed by atoms with Crippen molar-refractivity contribution in [1.82, 2.24) is 0 Å². The molecule has 2 aromatic rings. The first kappa shape index (κ1) is 13.2. The fourth-order valence-electron chi connectivity index (χ4n) is 1.85. The van der Waals surface area contributed by atoms with E-state index in [9.17, 15) is 9.18 Å². The van der Waals surface area contributed by atoms with Crippen LogP contribution in [0.25, 0.3) is 0 Å². The van der Waals surface area contributed by atoms with Crippen LogP contribution in [0.3, 0.4) is 0 Å². The minimum absolute atomic E-state index is 0.221. The standard InChI is InChI=1S/C15H15FN2O/c1-18(13-10-6-5-9-12(13)16)15(19)14(17)11-7-3-2-4-8-11/h2-10,14H,17H2,1H3/t14-/m0/s1. The van der Waals surface area contributed by atoms with Gasteiger partial charge in [-0.25, -0.2) is 4.39 Å². The lowest BCUT2D eigenvalue weighted by Gasteiger charge is -2.22. The van der Waals surface area contributed by atoms with E-state index >= 15 is 0 Å². The molecule has 3 nitrogen and oxygen atoms in total. The second-order valence-electron chi connectivity index (χ2n) is 4.24. The Morgan fingerprint density at radius 1 is 1.11 bits per heavy atom. The van der Waals surface area contributed by atoms with Crippen LogP contribution in [0.15, 0.2) is 54.6 Å². The predicted molar refractivity (Wildman–Crippen MR) is 73.2 cm³/mol. The van der Waals surface area contributed by atoms with Crippen LogP contribution < -0.4 is 10.6 Å². The SMILES string of the molecule is CN(C(=O)[C@@H](N)c1ccccc1)c1ccccc1F. The fraction of sp³-hybridized carbons (Fsp3) is 0.133. The number of hydrogen-bond acceptors (Lipinski definition) is 2. The third kappa shape index (κ3) is 2.80. The summed E-state index contributed by atoms with van der Waals surface area (Å²) in [5, 5.41) is 0. The zero-order chi connectivity index (χ0) is 13.8. The Morgan fingerprint density at radius 2 is 1.68 bits per heavy atom. The summed E-state index contributed by atoms with van der Waals surface area (Å²) in [6.07, 6.45) is 0. The summed E-state index contributed by atoms with van der Waals surface area (Å²) in [4.78, 5) is 13.5. The van der Waals surface area contributed by atoms with E-state index in [-0.39, 0.29) is 11.6 Å². The molecule has 0 saturated carbocycles. The zero-order valence-corrected chi connectivity index (χ0v) is 10.6. The smallest absolute Gasteiger partial charge is 0.248 e. The van der Waals surface area contributed by atoms with Gasteiger partial charge >= 0.3 is 0 Å². The molecule has 0 aliphatic carbocycles. The number of para-hydroxylation sites is 1. The summed E-state index contributed by atoms with van der Waals surface area (Å²) < 4.78 is 13.6. The monoisotopic (exact) mass is 258 g/mol. The molecule has 19 heavy (non-hydrogen) atoms. The summed E-state index contributed by atoms with van der Waals surface area (Å²) in [5.41, 5.74) is 6.84. The summed E-state index contributed by atoms with van der Waals surface area (Å²) in [6, 6.07) is 14.3. The number of anilines is 1. The Hall–Kier alpha value is -2.20. The third-order valence-corrected chi connectivity index (χ3v) is 2.97. The van der Waals surface area contributed by atoms with E-state index in [2.05, 4.69) is 0 Å². The second kappa shape index (κ2) is 5.63. The molecule has 2 aromatic carbocycles. The zero-order valence-electron chi connectivity index (χ0n) is 10.6. The van der Waals surface area contributed by atoms with E-state index in [4.69, 9.17) is 5.73 Å². The number of nitrogens with zero attached hydrogens (tertiary/aromatic N) is 1. The van der Waals surface area contributed by atoms with Gasteiger partial charge in [-0.05, 0) is 17.7 Å². The molecule has 1 atom stereocenters. The van der Waals surface area contributed by atoms with E-state index in [1.165, 1.54) is 18.0 Å². The summed E-state index contributed by atoms with van der Waals surface area (Å²) in [6.45, 7) is 0. The summed E-state index contributed by atoms with van der Waals surface area (Å²) in [5.74, 6) is -0.796. The number of likely N-dealkylation sites (N-methyl/N-ethyl adjacent to an activating group) is 1. The van der Waals surface area contributed by atoms with Gasteiger partial charge in [-0.15, -0.1) is 0 Å². The van der Waals surface area contributed by atoms with Crippen LogP contribution in [-0.4, -0.2) is 13.0 Å². The van der Waals surface area contributed by atoms with Gasteiger partial charge in [0.05, 0.1) is 5.69 Å². The molecule has 4 heteroatoms. The third-order valence-electron chi connectivity index (χ3n) is 2.97. The van der Waals surface area contributed by atoms with Gasteiger partial charge in [0.1, 0.15) is 11.9 Å². The largest absolute Gasteiger partial charge is 0.316 e. The number of halogens is 1. The highest BCUT2D eigenvalue weighted by Crippen LogP contribution is 2.21. The van der Waals surface area contributed by atoms with Crippen LogP contribution in [0.4, 0.5) is 10.1 Å². The first-order valence-corrected chi connectivity index (χ1v) is 5.94. The van der Waals surface area contributed by atoms with Crippen molar-refractivity contribution >= 4 is 11.6 Å². The molecule has 98 valence electrons. The van der Waals surface area contributed by atoms with Gasteiger partial charge < -0.3 is 10.6 Å². The average Bonchev–Trinajstić information content (AvgIpc) is 2.46. The van der Waals surface area contributed by atoms with Crippen molar-refractivity contribution in [2.45, 2.75) is 6.04 Å². The molecule has 2 N–H and O–H groups in total. The molecule has 0 aromatic heterocycles. The Balaban J connectivity index is 2.23. The van der Waals surface area contributed by atoms with Crippen molar-refractivity contribution < 1.29 is 9.18 Å². The summed E-state index contributed by atoms with van der Waals surface area (Å²) in [7, 11) is 1.52. The van der Waals surface area contributed by atoms with E-state index in [0.29, 0.717) is 5.56 Å². The predicted octanol–water partition coefficient (Wildman–Crippen LogP) is 2.49. The normalized spacial score (nSPS) is 11.9. The molecule has 0 unspecified atom stereocenters. The number of rotatable bonds is 3. The minimum Gasteiger partial charge on any atom is -0.316 e. The average molecular weight is 258 g/mol. The fourth-order valence-corrected chi connectivity index (χ4v) is 1.85. The second-order valence-corrected chi connectivity index (χ2v) is 4.24. The molecule has 0 heterocycles. The maximum absolute atomic E-state index is 13.6. The molecule has 2 rings (SSSR count). The number of nitrogens with two attached hydrogens (primary N) is 1. The molecule has 1 amide bonds. The van der Waals surface area contributed by atoms with Crippen molar-refractivity contribution in [2.24, 2.45) is 5.73 Å². The van der Waals surface area contributed by atoms with E-state index < -0.39 is 11.9 Å².